The average Bonchev–Trinajstić information content (AvgIpc) is 3.30. The first-order chi connectivity index (χ1) is 12.2. The molecule has 8 heteroatoms. The molecule has 0 saturated carbocycles. The first-order valence-electron chi connectivity index (χ1n) is 7.85. The number of ether oxygens (including phenoxy) is 1. The van der Waals surface area contributed by atoms with Crippen LogP contribution in [0.2, 0.25) is 0 Å². The second-order valence-electron chi connectivity index (χ2n) is 5.74. The van der Waals surface area contributed by atoms with E-state index in [9.17, 15) is 4.79 Å². The fourth-order valence-corrected chi connectivity index (χ4v) is 2.91. The van der Waals surface area contributed by atoms with Gasteiger partial charge in [0.1, 0.15) is 12.2 Å². The zero-order valence-corrected chi connectivity index (χ0v) is 13.2. The predicted molar refractivity (Wildman–Crippen MR) is 87.8 cm³/mol. The van der Waals surface area contributed by atoms with Gasteiger partial charge in [-0.3, -0.25) is 4.79 Å². The minimum atomic E-state index is -0.205. The van der Waals surface area contributed by atoms with Gasteiger partial charge in [0.05, 0.1) is 23.9 Å². The highest BCUT2D eigenvalue weighted by Gasteiger charge is 2.29. The van der Waals surface area contributed by atoms with Crippen molar-refractivity contribution in [1.29, 1.82) is 5.26 Å². The van der Waals surface area contributed by atoms with Gasteiger partial charge >= 0.3 is 0 Å². The number of aromatic nitrogens is 4. The van der Waals surface area contributed by atoms with Gasteiger partial charge < -0.3 is 14.6 Å². The third-order valence-corrected chi connectivity index (χ3v) is 4.15. The van der Waals surface area contributed by atoms with E-state index in [1.807, 2.05) is 12.1 Å². The van der Waals surface area contributed by atoms with Crippen molar-refractivity contribution in [3.05, 3.63) is 48.2 Å². The maximum Gasteiger partial charge on any atom is 0.254 e. The van der Waals surface area contributed by atoms with E-state index in [-0.39, 0.29) is 23.6 Å². The van der Waals surface area contributed by atoms with Crippen molar-refractivity contribution in [3.63, 3.8) is 0 Å². The Morgan fingerprint density at radius 1 is 1.32 bits per heavy atom. The maximum absolute atomic E-state index is 12.7. The fourth-order valence-electron chi connectivity index (χ4n) is 2.91. The van der Waals surface area contributed by atoms with Crippen LogP contribution in [0, 0.1) is 11.3 Å². The molecule has 0 spiro atoms. The quantitative estimate of drug-likeness (QED) is 0.778. The van der Waals surface area contributed by atoms with E-state index in [1.165, 1.54) is 12.4 Å². The van der Waals surface area contributed by atoms with Crippen LogP contribution < -0.4 is 4.74 Å². The number of hydrogen-bond donors (Lipinski definition) is 1. The number of nitriles is 1. The van der Waals surface area contributed by atoms with Crippen LogP contribution in [0.25, 0.3) is 11.0 Å². The molecule has 25 heavy (non-hydrogen) atoms. The minimum absolute atomic E-state index is 0.0535. The molecule has 0 aliphatic carbocycles. The topological polar surface area (TPSA) is 108 Å². The second kappa shape index (κ2) is 6.20. The van der Waals surface area contributed by atoms with E-state index in [1.54, 1.807) is 23.4 Å². The van der Waals surface area contributed by atoms with Gasteiger partial charge in [-0.15, -0.1) is 0 Å². The lowest BCUT2D eigenvalue weighted by molar-refractivity contribution is 0.0771. The number of H-pyrrole nitrogens is 1. The molecule has 124 valence electrons. The third-order valence-electron chi connectivity index (χ3n) is 4.15. The summed E-state index contributed by atoms with van der Waals surface area (Å²) in [5, 5.41) is 9.04. The molecule has 3 aromatic rings. The predicted octanol–water partition coefficient (Wildman–Crippen LogP) is 1.52. The number of hydrogen-bond acceptors (Lipinski definition) is 6. The zero-order valence-electron chi connectivity index (χ0n) is 13.2. The summed E-state index contributed by atoms with van der Waals surface area (Å²) >= 11 is 0. The number of rotatable bonds is 3. The normalized spacial score (nSPS) is 16.8. The second-order valence-corrected chi connectivity index (χ2v) is 5.74. The molecule has 2 aromatic heterocycles. The Kier molecular flexibility index (Phi) is 3.74. The highest BCUT2D eigenvalue weighted by Crippen LogP contribution is 2.21. The Balaban J connectivity index is 1.46. The van der Waals surface area contributed by atoms with Gasteiger partial charge in [-0.05, 0) is 18.2 Å². The Bertz CT molecular complexity index is 976. The van der Waals surface area contributed by atoms with Gasteiger partial charge in [-0.25, -0.2) is 15.0 Å². The number of fused-ring (bicyclic) bond motifs is 1. The monoisotopic (exact) mass is 334 g/mol. The van der Waals surface area contributed by atoms with E-state index in [0.717, 1.165) is 11.0 Å². The van der Waals surface area contributed by atoms with Crippen molar-refractivity contribution < 1.29 is 9.53 Å². The number of benzene rings is 1. The molecule has 1 aliphatic rings. The molecular weight excluding hydrogens is 320 g/mol. The van der Waals surface area contributed by atoms with Crippen LogP contribution in [-0.2, 0) is 0 Å². The molecule has 1 amide bonds. The number of nitrogens with one attached hydrogen (secondary N) is 1. The van der Waals surface area contributed by atoms with Gasteiger partial charge in [0.25, 0.3) is 11.8 Å². The van der Waals surface area contributed by atoms with Gasteiger partial charge in [0, 0.05) is 30.9 Å². The molecule has 3 heterocycles. The van der Waals surface area contributed by atoms with Crippen LogP contribution in [0.1, 0.15) is 22.5 Å². The van der Waals surface area contributed by atoms with Crippen molar-refractivity contribution >= 4 is 16.9 Å². The van der Waals surface area contributed by atoms with E-state index in [2.05, 4.69) is 19.9 Å². The molecule has 8 nitrogen and oxygen atoms in total. The minimum Gasteiger partial charge on any atom is -0.470 e. The highest BCUT2D eigenvalue weighted by molar-refractivity contribution is 5.97. The Hall–Kier alpha value is -3.47. The summed E-state index contributed by atoms with van der Waals surface area (Å²) < 4.78 is 5.77. The summed E-state index contributed by atoms with van der Waals surface area (Å²) in [7, 11) is 0. The molecule has 1 N–H and O–H groups in total. The number of carbonyl (C=O) groups is 1. The van der Waals surface area contributed by atoms with Crippen molar-refractivity contribution in [2.24, 2.45) is 0 Å². The number of imidazole rings is 1. The lowest BCUT2D eigenvalue weighted by Crippen LogP contribution is -2.31. The lowest BCUT2D eigenvalue weighted by atomic mass is 10.2. The standard InChI is InChI=1S/C17H14N6O2/c18-8-15-16(20-5-4-19-15)25-12-3-6-23(9-12)17(24)11-1-2-13-14(7-11)22-10-21-13/h1-2,4-5,7,10,12H,3,6,9H2,(H,21,22). The van der Waals surface area contributed by atoms with Gasteiger partial charge in [0.15, 0.2) is 0 Å². The average molecular weight is 334 g/mol. The van der Waals surface area contributed by atoms with Gasteiger partial charge in [0.2, 0.25) is 5.69 Å². The molecule has 1 atom stereocenters. The largest absolute Gasteiger partial charge is 0.470 e. The summed E-state index contributed by atoms with van der Waals surface area (Å²) in [4.78, 5) is 29.6. The van der Waals surface area contributed by atoms with E-state index >= 15 is 0 Å². The molecular formula is C17H14N6O2. The van der Waals surface area contributed by atoms with Crippen LogP contribution in [-0.4, -0.2) is 49.9 Å². The molecule has 1 unspecified atom stereocenters. The first kappa shape index (κ1) is 15.1. The molecule has 1 saturated heterocycles. The van der Waals surface area contributed by atoms with Crippen molar-refractivity contribution in [2.45, 2.75) is 12.5 Å². The van der Waals surface area contributed by atoms with Crippen LogP contribution in [0.5, 0.6) is 5.88 Å². The Morgan fingerprint density at radius 2 is 2.20 bits per heavy atom. The summed E-state index contributed by atoms with van der Waals surface area (Å²) in [6, 6.07) is 7.35. The molecule has 1 aromatic carbocycles. The summed E-state index contributed by atoms with van der Waals surface area (Å²) in [5.74, 6) is 0.158. The maximum atomic E-state index is 12.7. The molecule has 1 fully saturated rings. The zero-order chi connectivity index (χ0) is 17.2. The van der Waals surface area contributed by atoms with Crippen molar-refractivity contribution in [2.75, 3.05) is 13.1 Å². The van der Waals surface area contributed by atoms with Crippen LogP contribution in [0.3, 0.4) is 0 Å². The number of amides is 1. The molecule has 4 rings (SSSR count). The highest BCUT2D eigenvalue weighted by atomic mass is 16.5. The van der Waals surface area contributed by atoms with Crippen LogP contribution >= 0.6 is 0 Å². The summed E-state index contributed by atoms with van der Waals surface area (Å²) in [6.45, 7) is 1.04. The summed E-state index contributed by atoms with van der Waals surface area (Å²) in [5.41, 5.74) is 2.41. The third kappa shape index (κ3) is 2.87. The van der Waals surface area contributed by atoms with Gasteiger partial charge in [-0.1, -0.05) is 0 Å². The number of likely N-dealkylation sites (tertiary alicyclic amines) is 1. The lowest BCUT2D eigenvalue weighted by Gasteiger charge is -2.17. The van der Waals surface area contributed by atoms with Crippen molar-refractivity contribution in [1.82, 2.24) is 24.8 Å². The Morgan fingerprint density at radius 3 is 3.08 bits per heavy atom. The molecule has 1 aliphatic heterocycles. The van der Waals surface area contributed by atoms with E-state index < -0.39 is 0 Å². The van der Waals surface area contributed by atoms with Gasteiger partial charge in [-0.2, -0.15) is 5.26 Å². The fraction of sp³-hybridized carbons (Fsp3) is 0.235. The molecule has 0 bridgehead atoms. The number of aromatic amines is 1. The van der Waals surface area contributed by atoms with E-state index in [0.29, 0.717) is 25.1 Å². The van der Waals surface area contributed by atoms with Crippen LogP contribution in [0.4, 0.5) is 0 Å². The SMILES string of the molecule is N#Cc1nccnc1OC1CCN(C(=O)c2ccc3nc[nH]c3c2)C1. The first-order valence-corrected chi connectivity index (χ1v) is 7.85. The Labute approximate surface area is 143 Å². The summed E-state index contributed by atoms with van der Waals surface area (Å²) in [6.07, 6.45) is 5.00. The number of carbonyl (C=O) groups excluding carboxylic acids is 1. The molecule has 0 radical (unpaired) electrons. The van der Waals surface area contributed by atoms with Crippen molar-refractivity contribution in [3.8, 4) is 11.9 Å². The van der Waals surface area contributed by atoms with E-state index in [4.69, 9.17) is 10.00 Å². The smallest absolute Gasteiger partial charge is 0.254 e. The van der Waals surface area contributed by atoms with Crippen LogP contribution in [0.15, 0.2) is 36.9 Å². The number of nitrogens with zero attached hydrogens (tertiary/aromatic N) is 5.